The lowest BCUT2D eigenvalue weighted by atomic mass is 10.2. The first-order valence-corrected chi connectivity index (χ1v) is 10.5. The van der Waals surface area contributed by atoms with Crippen molar-refractivity contribution in [3.05, 3.63) is 70.0 Å². The zero-order valence-electron chi connectivity index (χ0n) is 17.4. The van der Waals surface area contributed by atoms with Gasteiger partial charge >= 0.3 is 6.09 Å². The molecule has 0 bridgehead atoms. The summed E-state index contributed by atoms with van der Waals surface area (Å²) in [6.07, 6.45) is 0.913. The zero-order chi connectivity index (χ0) is 23.8. The van der Waals surface area contributed by atoms with Gasteiger partial charge in [0.25, 0.3) is 0 Å². The molecule has 0 aliphatic heterocycles. The Morgan fingerprint density at radius 3 is 2.85 bits per heavy atom. The molecule has 5 aromatic rings. The molecule has 10 nitrogen and oxygen atoms in total. The van der Waals surface area contributed by atoms with Gasteiger partial charge in [-0.25, -0.2) is 14.5 Å². The predicted octanol–water partition coefficient (Wildman–Crippen LogP) is 4.81. The van der Waals surface area contributed by atoms with Gasteiger partial charge in [-0.05, 0) is 42.5 Å². The van der Waals surface area contributed by atoms with Crippen molar-refractivity contribution in [2.24, 2.45) is 0 Å². The first kappa shape index (κ1) is 21.6. The van der Waals surface area contributed by atoms with E-state index in [1.165, 1.54) is 13.2 Å². The van der Waals surface area contributed by atoms with E-state index < -0.39 is 6.09 Å². The molecule has 0 aliphatic carbocycles. The van der Waals surface area contributed by atoms with Crippen molar-refractivity contribution in [2.75, 3.05) is 7.11 Å². The summed E-state index contributed by atoms with van der Waals surface area (Å²) in [7, 11) is 1.27. The van der Waals surface area contributed by atoms with Crippen LogP contribution in [0.5, 0.6) is 11.5 Å². The number of nitriles is 1. The summed E-state index contributed by atoms with van der Waals surface area (Å²) in [6.45, 7) is 0.194. The molecule has 0 radical (unpaired) electrons. The van der Waals surface area contributed by atoms with E-state index in [2.05, 4.69) is 20.4 Å². The van der Waals surface area contributed by atoms with Crippen molar-refractivity contribution >= 4 is 51.4 Å². The molecule has 34 heavy (non-hydrogen) atoms. The molecule has 0 unspecified atom stereocenters. The fourth-order valence-electron chi connectivity index (χ4n) is 3.49. The second-order valence-corrected chi connectivity index (χ2v) is 7.93. The molecule has 0 fully saturated rings. The van der Waals surface area contributed by atoms with Crippen LogP contribution in [-0.2, 0) is 11.3 Å². The van der Waals surface area contributed by atoms with Crippen LogP contribution in [0.2, 0.25) is 10.0 Å². The highest BCUT2D eigenvalue weighted by Crippen LogP contribution is 2.36. The molecule has 0 amide bonds. The van der Waals surface area contributed by atoms with E-state index in [9.17, 15) is 10.1 Å². The average molecular weight is 494 g/mol. The van der Waals surface area contributed by atoms with E-state index in [0.29, 0.717) is 49.1 Å². The van der Waals surface area contributed by atoms with E-state index in [4.69, 9.17) is 32.7 Å². The molecule has 0 N–H and O–H groups in total. The molecule has 12 heteroatoms. The van der Waals surface area contributed by atoms with Crippen LogP contribution in [0.15, 0.2) is 48.7 Å². The quantitative estimate of drug-likeness (QED) is 0.349. The van der Waals surface area contributed by atoms with Crippen molar-refractivity contribution in [3.63, 3.8) is 0 Å². The fraction of sp³-hybridized carbons (Fsp3) is 0.0909. The van der Waals surface area contributed by atoms with Gasteiger partial charge in [0.15, 0.2) is 16.9 Å². The Labute approximate surface area is 201 Å². The number of ether oxygens (including phenoxy) is 2. The van der Waals surface area contributed by atoms with Crippen molar-refractivity contribution in [1.82, 2.24) is 29.8 Å². The number of methoxy groups -OCH3 is 1. The number of carbonyl (C=O) groups excluding carboxylic acids is 1. The number of benzene rings is 2. The van der Waals surface area contributed by atoms with Gasteiger partial charge in [-0.2, -0.15) is 10.4 Å². The molecule has 2 aromatic carbocycles. The monoisotopic (exact) mass is 493 g/mol. The minimum absolute atomic E-state index is 0.194. The number of fused-ring (bicyclic) bond motifs is 2. The lowest BCUT2D eigenvalue weighted by Crippen LogP contribution is -2.14. The Morgan fingerprint density at radius 1 is 1.21 bits per heavy atom. The largest absolute Gasteiger partial charge is 0.453 e. The highest BCUT2D eigenvalue weighted by atomic mass is 35.5. The van der Waals surface area contributed by atoms with Crippen molar-refractivity contribution < 1.29 is 14.3 Å². The first-order chi connectivity index (χ1) is 16.5. The van der Waals surface area contributed by atoms with Gasteiger partial charge in [-0.1, -0.05) is 28.4 Å². The number of carbonyl (C=O) groups is 1. The van der Waals surface area contributed by atoms with Crippen molar-refractivity contribution in [1.29, 1.82) is 5.26 Å². The lowest BCUT2D eigenvalue weighted by molar-refractivity contribution is 0.170. The fourth-order valence-corrected chi connectivity index (χ4v) is 3.91. The van der Waals surface area contributed by atoms with Crippen molar-refractivity contribution in [3.8, 4) is 17.6 Å². The normalized spacial score (nSPS) is 11.0. The summed E-state index contributed by atoms with van der Waals surface area (Å²) in [5.74, 6) is 0.602. The van der Waals surface area contributed by atoms with E-state index in [1.807, 2.05) is 6.07 Å². The SMILES string of the molecule is COC(=O)n1nc(Cn2nnc3c(Oc4cc(Cl)cc(C#N)c4)c(Cl)ccc32)c2cccnc21. The smallest absolute Gasteiger partial charge is 0.436 e. The van der Waals surface area contributed by atoms with E-state index in [1.54, 1.807) is 47.3 Å². The first-order valence-electron chi connectivity index (χ1n) is 9.79. The van der Waals surface area contributed by atoms with E-state index >= 15 is 0 Å². The Kier molecular flexibility index (Phi) is 5.49. The third kappa shape index (κ3) is 3.77. The molecule has 0 aliphatic rings. The summed E-state index contributed by atoms with van der Waals surface area (Å²) in [5.41, 5.74) is 2.28. The number of aromatic nitrogens is 6. The van der Waals surface area contributed by atoms with E-state index in [0.717, 1.165) is 4.68 Å². The van der Waals surface area contributed by atoms with E-state index in [-0.39, 0.29) is 12.3 Å². The van der Waals surface area contributed by atoms with Crippen LogP contribution in [0, 0.1) is 11.3 Å². The summed E-state index contributed by atoms with van der Waals surface area (Å²) < 4.78 is 13.5. The summed E-state index contributed by atoms with van der Waals surface area (Å²) in [5, 5.41) is 23.4. The number of rotatable bonds is 4. The van der Waals surface area contributed by atoms with Crippen LogP contribution in [-0.4, -0.2) is 43.0 Å². The second kappa shape index (κ2) is 8.62. The molecule has 0 saturated heterocycles. The molecular formula is C22H13Cl2N7O3. The van der Waals surface area contributed by atoms with Gasteiger partial charge in [0, 0.05) is 16.6 Å². The highest BCUT2D eigenvalue weighted by molar-refractivity contribution is 6.33. The summed E-state index contributed by atoms with van der Waals surface area (Å²) >= 11 is 12.5. The number of nitrogens with zero attached hydrogens (tertiary/aromatic N) is 7. The van der Waals surface area contributed by atoms with Gasteiger partial charge in [0.1, 0.15) is 5.75 Å². The zero-order valence-corrected chi connectivity index (χ0v) is 18.9. The van der Waals surface area contributed by atoms with Gasteiger partial charge in [-0.3, -0.25) is 0 Å². The minimum Gasteiger partial charge on any atom is -0.453 e. The van der Waals surface area contributed by atoms with Crippen LogP contribution < -0.4 is 4.74 Å². The Hall–Kier alpha value is -4.20. The average Bonchev–Trinajstić information content (AvgIpc) is 3.42. The predicted molar refractivity (Wildman–Crippen MR) is 123 cm³/mol. The maximum atomic E-state index is 12.1. The van der Waals surface area contributed by atoms with Crippen LogP contribution >= 0.6 is 23.2 Å². The van der Waals surface area contributed by atoms with Crippen molar-refractivity contribution in [2.45, 2.75) is 6.54 Å². The van der Waals surface area contributed by atoms with Crippen LogP contribution in [0.3, 0.4) is 0 Å². The molecule has 5 rings (SSSR count). The Bertz CT molecular complexity index is 1620. The molecule has 3 aromatic heterocycles. The molecule has 0 saturated carbocycles. The van der Waals surface area contributed by atoms with Gasteiger partial charge in [0.2, 0.25) is 0 Å². The summed E-state index contributed by atoms with van der Waals surface area (Å²) in [6, 6.07) is 13.6. The van der Waals surface area contributed by atoms with Crippen LogP contribution in [0.1, 0.15) is 11.3 Å². The number of hydrogen-bond acceptors (Lipinski definition) is 8. The maximum Gasteiger partial charge on any atom is 0.436 e. The Balaban J connectivity index is 1.56. The number of hydrogen-bond donors (Lipinski definition) is 0. The third-order valence-corrected chi connectivity index (χ3v) is 5.50. The van der Waals surface area contributed by atoms with Crippen LogP contribution in [0.4, 0.5) is 4.79 Å². The molecule has 0 atom stereocenters. The topological polar surface area (TPSA) is 121 Å². The Morgan fingerprint density at radius 2 is 2.06 bits per heavy atom. The minimum atomic E-state index is -0.654. The number of halogens is 2. The van der Waals surface area contributed by atoms with Crippen LogP contribution in [0.25, 0.3) is 22.1 Å². The molecule has 3 heterocycles. The molecule has 168 valence electrons. The third-order valence-electron chi connectivity index (χ3n) is 4.98. The van der Waals surface area contributed by atoms with Gasteiger partial charge in [-0.15, -0.1) is 9.78 Å². The standard InChI is InChI=1S/C22H13Cl2N7O3/c1-33-22(32)31-21-15(3-2-6-26-21)17(28-31)11-30-18-5-4-16(24)20(19(18)27-29-30)34-14-8-12(10-25)7-13(23)9-14/h2-9H,11H2,1H3. The lowest BCUT2D eigenvalue weighted by Gasteiger charge is -2.09. The van der Waals surface area contributed by atoms with Gasteiger partial charge < -0.3 is 9.47 Å². The highest BCUT2D eigenvalue weighted by Gasteiger charge is 2.20. The van der Waals surface area contributed by atoms with Gasteiger partial charge in [0.05, 0.1) is 41.5 Å². The molecule has 0 spiro atoms. The second-order valence-electron chi connectivity index (χ2n) is 7.08. The molecular weight excluding hydrogens is 481 g/mol. The number of pyridine rings is 1. The summed E-state index contributed by atoms with van der Waals surface area (Å²) in [4.78, 5) is 16.4. The maximum absolute atomic E-state index is 12.1.